The number of hydrogen-bond donors (Lipinski definition) is 1. The monoisotopic (exact) mass is 286 g/mol. The Balaban J connectivity index is 1.85. The fourth-order valence-corrected chi connectivity index (χ4v) is 1.95. The Kier molecular flexibility index (Phi) is 4.76. The van der Waals surface area contributed by atoms with Gasteiger partial charge < -0.3 is 19.3 Å². The molecule has 0 amide bonds. The Hall–Kier alpha value is -1.14. The summed E-state index contributed by atoms with van der Waals surface area (Å²) in [7, 11) is 1.50. The van der Waals surface area contributed by atoms with Crippen LogP contribution < -0.4 is 0 Å². The van der Waals surface area contributed by atoms with Gasteiger partial charge in [-0.2, -0.15) is 0 Å². The summed E-state index contributed by atoms with van der Waals surface area (Å²) in [5.74, 6) is -0.478. The number of methoxy groups -OCH3 is 1. The molecule has 1 heterocycles. The molecule has 104 valence electrons. The van der Waals surface area contributed by atoms with Gasteiger partial charge in [0.15, 0.2) is 6.29 Å². The number of carbonyl (C=O) groups excluding carboxylic acids is 1. The molecule has 1 aromatic carbocycles. The predicted octanol–water partition coefficient (Wildman–Crippen LogP) is 1.62. The summed E-state index contributed by atoms with van der Waals surface area (Å²) in [5, 5.41) is 10.2. The first-order valence-electron chi connectivity index (χ1n) is 5.89. The Labute approximate surface area is 116 Å². The Morgan fingerprint density at radius 2 is 2.16 bits per heavy atom. The van der Waals surface area contributed by atoms with Gasteiger partial charge in [-0.1, -0.05) is 11.6 Å². The first-order valence-corrected chi connectivity index (χ1v) is 6.27. The third kappa shape index (κ3) is 3.67. The minimum Gasteiger partial charge on any atom is -0.459 e. The molecule has 1 fully saturated rings. The standard InChI is InChI=1S/C13H15ClO5/c1-17-12-6-10(15)11(19-12)7-18-13(16)8-2-4-9(14)5-3-8/h2-5,10-12,15H,6-7H2,1H3. The van der Waals surface area contributed by atoms with Crippen molar-refractivity contribution in [2.24, 2.45) is 0 Å². The van der Waals surface area contributed by atoms with Crippen LogP contribution in [0, 0.1) is 0 Å². The van der Waals surface area contributed by atoms with E-state index in [0.717, 1.165) is 0 Å². The van der Waals surface area contributed by atoms with Crippen LogP contribution in [0.3, 0.4) is 0 Å². The third-order valence-corrected chi connectivity index (χ3v) is 3.16. The van der Waals surface area contributed by atoms with Gasteiger partial charge in [0, 0.05) is 18.6 Å². The minimum absolute atomic E-state index is 0.0114. The largest absolute Gasteiger partial charge is 0.459 e. The van der Waals surface area contributed by atoms with Crippen LogP contribution in [0.2, 0.25) is 5.02 Å². The molecule has 1 aromatic rings. The van der Waals surface area contributed by atoms with E-state index in [-0.39, 0.29) is 6.61 Å². The van der Waals surface area contributed by atoms with Crippen molar-refractivity contribution in [1.29, 1.82) is 0 Å². The molecule has 0 saturated carbocycles. The molecule has 6 heteroatoms. The van der Waals surface area contributed by atoms with E-state index < -0.39 is 24.5 Å². The fraction of sp³-hybridized carbons (Fsp3) is 0.462. The van der Waals surface area contributed by atoms with Crippen molar-refractivity contribution in [3.8, 4) is 0 Å². The molecular formula is C13H15ClO5. The average molecular weight is 287 g/mol. The summed E-state index contributed by atoms with van der Waals surface area (Å²) in [6.45, 7) is -0.0114. The second-order valence-corrected chi connectivity index (χ2v) is 4.68. The van der Waals surface area contributed by atoms with Crippen molar-refractivity contribution in [2.45, 2.75) is 24.9 Å². The van der Waals surface area contributed by atoms with E-state index in [1.165, 1.54) is 7.11 Å². The van der Waals surface area contributed by atoms with Crippen molar-refractivity contribution >= 4 is 17.6 Å². The summed E-state index contributed by atoms with van der Waals surface area (Å²) < 4.78 is 15.4. The van der Waals surface area contributed by atoms with Gasteiger partial charge in [0.25, 0.3) is 0 Å². The molecular weight excluding hydrogens is 272 g/mol. The van der Waals surface area contributed by atoms with E-state index in [4.69, 9.17) is 25.8 Å². The first-order chi connectivity index (χ1) is 9.10. The maximum absolute atomic E-state index is 11.7. The van der Waals surface area contributed by atoms with Gasteiger partial charge in [0.1, 0.15) is 12.7 Å². The normalized spacial score (nSPS) is 26.4. The molecule has 1 aliphatic heterocycles. The Morgan fingerprint density at radius 3 is 2.74 bits per heavy atom. The van der Waals surface area contributed by atoms with E-state index >= 15 is 0 Å². The van der Waals surface area contributed by atoms with Crippen molar-refractivity contribution in [3.05, 3.63) is 34.9 Å². The van der Waals surface area contributed by atoms with Crippen LogP contribution in [-0.4, -0.2) is 43.3 Å². The molecule has 3 atom stereocenters. The van der Waals surface area contributed by atoms with Crippen LogP contribution in [-0.2, 0) is 14.2 Å². The molecule has 1 saturated heterocycles. The minimum atomic E-state index is -0.692. The lowest BCUT2D eigenvalue weighted by Crippen LogP contribution is -2.28. The Morgan fingerprint density at radius 1 is 1.47 bits per heavy atom. The van der Waals surface area contributed by atoms with Crippen LogP contribution in [0.25, 0.3) is 0 Å². The number of benzene rings is 1. The van der Waals surface area contributed by atoms with Crippen molar-refractivity contribution in [3.63, 3.8) is 0 Å². The molecule has 1 aliphatic rings. The Bertz CT molecular complexity index is 433. The van der Waals surface area contributed by atoms with Gasteiger partial charge in [-0.05, 0) is 24.3 Å². The zero-order valence-corrected chi connectivity index (χ0v) is 11.2. The highest BCUT2D eigenvalue weighted by molar-refractivity contribution is 6.30. The molecule has 3 unspecified atom stereocenters. The zero-order chi connectivity index (χ0) is 13.8. The van der Waals surface area contributed by atoms with Crippen LogP contribution >= 0.6 is 11.6 Å². The second kappa shape index (κ2) is 6.34. The molecule has 0 aliphatic carbocycles. The lowest BCUT2D eigenvalue weighted by Gasteiger charge is -2.14. The van der Waals surface area contributed by atoms with Crippen molar-refractivity contribution in [1.82, 2.24) is 0 Å². The quantitative estimate of drug-likeness (QED) is 0.852. The van der Waals surface area contributed by atoms with E-state index in [0.29, 0.717) is 17.0 Å². The van der Waals surface area contributed by atoms with E-state index in [1.54, 1.807) is 24.3 Å². The van der Waals surface area contributed by atoms with E-state index in [2.05, 4.69) is 0 Å². The number of hydrogen-bond acceptors (Lipinski definition) is 5. The SMILES string of the molecule is COC1CC(O)C(COC(=O)c2ccc(Cl)cc2)O1. The highest BCUT2D eigenvalue weighted by Gasteiger charge is 2.34. The average Bonchev–Trinajstić information content (AvgIpc) is 2.77. The number of halogens is 1. The van der Waals surface area contributed by atoms with Gasteiger partial charge in [-0.25, -0.2) is 4.79 Å². The predicted molar refractivity (Wildman–Crippen MR) is 68.0 cm³/mol. The molecule has 0 aromatic heterocycles. The number of esters is 1. The lowest BCUT2D eigenvalue weighted by molar-refractivity contribution is -0.128. The molecule has 19 heavy (non-hydrogen) atoms. The van der Waals surface area contributed by atoms with Crippen molar-refractivity contribution in [2.75, 3.05) is 13.7 Å². The fourth-order valence-electron chi connectivity index (χ4n) is 1.82. The zero-order valence-electron chi connectivity index (χ0n) is 10.4. The summed E-state index contributed by atoms with van der Waals surface area (Å²) in [5.41, 5.74) is 0.403. The number of rotatable bonds is 4. The number of aliphatic hydroxyl groups is 1. The topological polar surface area (TPSA) is 65.0 Å². The smallest absolute Gasteiger partial charge is 0.338 e. The number of aliphatic hydroxyl groups excluding tert-OH is 1. The molecule has 0 spiro atoms. The second-order valence-electron chi connectivity index (χ2n) is 4.25. The number of carbonyl (C=O) groups is 1. The highest BCUT2D eigenvalue weighted by Crippen LogP contribution is 2.21. The molecule has 2 rings (SSSR count). The van der Waals surface area contributed by atoms with Crippen LogP contribution in [0.5, 0.6) is 0 Å². The third-order valence-electron chi connectivity index (χ3n) is 2.91. The van der Waals surface area contributed by atoms with Crippen LogP contribution in [0.4, 0.5) is 0 Å². The highest BCUT2D eigenvalue weighted by atomic mass is 35.5. The van der Waals surface area contributed by atoms with Gasteiger partial charge in [0.2, 0.25) is 0 Å². The maximum Gasteiger partial charge on any atom is 0.338 e. The van der Waals surface area contributed by atoms with Gasteiger partial charge >= 0.3 is 5.97 Å². The molecule has 0 bridgehead atoms. The van der Waals surface area contributed by atoms with Gasteiger partial charge in [-0.15, -0.1) is 0 Å². The molecule has 0 radical (unpaired) electrons. The summed E-state index contributed by atoms with van der Waals surface area (Å²) in [6, 6.07) is 6.38. The summed E-state index contributed by atoms with van der Waals surface area (Å²) in [4.78, 5) is 11.7. The summed E-state index contributed by atoms with van der Waals surface area (Å²) >= 11 is 5.73. The first kappa shape index (κ1) is 14.3. The molecule has 1 N–H and O–H groups in total. The van der Waals surface area contributed by atoms with Gasteiger partial charge in [0.05, 0.1) is 11.7 Å². The van der Waals surface area contributed by atoms with Gasteiger partial charge in [-0.3, -0.25) is 0 Å². The maximum atomic E-state index is 11.7. The number of ether oxygens (including phenoxy) is 3. The molecule has 5 nitrogen and oxygen atoms in total. The van der Waals surface area contributed by atoms with E-state index in [9.17, 15) is 9.90 Å². The lowest BCUT2D eigenvalue weighted by atomic mass is 10.2. The van der Waals surface area contributed by atoms with Crippen LogP contribution in [0.1, 0.15) is 16.8 Å². The summed E-state index contributed by atoms with van der Waals surface area (Å²) in [6.07, 6.45) is -1.32. The van der Waals surface area contributed by atoms with Crippen molar-refractivity contribution < 1.29 is 24.1 Å². The van der Waals surface area contributed by atoms with Crippen LogP contribution in [0.15, 0.2) is 24.3 Å². The van der Waals surface area contributed by atoms with E-state index in [1.807, 2.05) is 0 Å².